The maximum absolute atomic E-state index is 6.01. The van der Waals surface area contributed by atoms with Gasteiger partial charge >= 0.3 is 0 Å². The summed E-state index contributed by atoms with van der Waals surface area (Å²) in [5, 5.41) is 3.52. The highest BCUT2D eigenvalue weighted by molar-refractivity contribution is 5.20. The minimum Gasteiger partial charge on any atom is -0.463 e. The molecule has 0 saturated heterocycles. The predicted octanol–water partition coefficient (Wildman–Crippen LogP) is 2.99. The highest BCUT2D eigenvalue weighted by Gasteiger charge is 2.21. The minimum atomic E-state index is 0.739. The van der Waals surface area contributed by atoms with E-state index in [1.54, 1.807) is 0 Å². The summed E-state index contributed by atoms with van der Waals surface area (Å²) in [5.41, 5.74) is 2.76. The van der Waals surface area contributed by atoms with Crippen LogP contribution < -0.4 is 5.32 Å². The summed E-state index contributed by atoms with van der Waals surface area (Å²) in [6, 6.07) is 2.94. The second kappa shape index (κ2) is 5.51. The summed E-state index contributed by atoms with van der Waals surface area (Å²) >= 11 is 0. The average Bonchev–Trinajstić information content (AvgIpc) is 3.12. The van der Waals surface area contributed by atoms with Crippen LogP contribution in [0, 0.1) is 6.92 Å². The molecule has 0 spiro atoms. The van der Waals surface area contributed by atoms with Crippen LogP contribution in [0.15, 0.2) is 22.1 Å². The van der Waals surface area contributed by atoms with E-state index in [0.717, 1.165) is 43.7 Å². The Kier molecular flexibility index (Phi) is 3.76. The van der Waals surface area contributed by atoms with Gasteiger partial charge in [0.05, 0.1) is 13.1 Å². The topological polar surface area (TPSA) is 28.4 Å². The molecule has 1 fully saturated rings. The molecule has 0 radical (unpaired) electrons. The molecule has 0 amide bonds. The van der Waals surface area contributed by atoms with Crippen LogP contribution in [-0.2, 0) is 13.1 Å². The molecular weight excluding hydrogens is 236 g/mol. The molecule has 19 heavy (non-hydrogen) atoms. The summed E-state index contributed by atoms with van der Waals surface area (Å²) in [6.45, 7) is 8.41. The first-order valence-corrected chi connectivity index (χ1v) is 7.40. The molecule has 0 unspecified atom stereocenters. The first-order chi connectivity index (χ1) is 9.20. The largest absolute Gasteiger partial charge is 0.463 e. The molecule has 1 aliphatic carbocycles. The number of rotatable bonds is 5. The Labute approximate surface area is 115 Å². The summed E-state index contributed by atoms with van der Waals surface area (Å²) < 4.78 is 6.01. The normalized spacial score (nSPS) is 20.6. The monoisotopic (exact) mass is 260 g/mol. The van der Waals surface area contributed by atoms with E-state index in [9.17, 15) is 0 Å². The lowest BCUT2D eigenvalue weighted by molar-refractivity contribution is 0.254. The number of hydrogen-bond acceptors (Lipinski definition) is 3. The maximum atomic E-state index is 6.01. The Bertz CT molecular complexity index is 471. The first kappa shape index (κ1) is 12.9. The molecule has 2 aliphatic rings. The number of aryl methyl sites for hydroxylation is 1. The van der Waals surface area contributed by atoms with E-state index in [2.05, 4.69) is 36.2 Å². The van der Waals surface area contributed by atoms with Crippen LogP contribution >= 0.6 is 0 Å². The van der Waals surface area contributed by atoms with Crippen molar-refractivity contribution >= 4 is 0 Å². The lowest BCUT2D eigenvalue weighted by atomic mass is 10.1. The standard InChI is InChI=1S/C16H24N2O/c1-12-4-3-7-18(10-12)11-15-8-13(2)16(19-15)9-17-14-5-6-14/h4,8,14,17H,3,5-7,9-11H2,1-2H3. The van der Waals surface area contributed by atoms with Crippen LogP contribution in [0.1, 0.15) is 43.3 Å². The van der Waals surface area contributed by atoms with Gasteiger partial charge in [-0.05, 0) is 44.7 Å². The number of furan rings is 1. The molecule has 0 aromatic carbocycles. The van der Waals surface area contributed by atoms with Crippen LogP contribution in [0.2, 0.25) is 0 Å². The van der Waals surface area contributed by atoms with Crippen LogP contribution in [0.4, 0.5) is 0 Å². The molecular formula is C16H24N2O. The highest BCUT2D eigenvalue weighted by atomic mass is 16.3. The molecule has 1 aliphatic heterocycles. The van der Waals surface area contributed by atoms with Crippen molar-refractivity contribution in [1.82, 2.24) is 10.2 Å². The van der Waals surface area contributed by atoms with E-state index in [4.69, 9.17) is 4.42 Å². The fraction of sp³-hybridized carbons (Fsp3) is 0.625. The van der Waals surface area contributed by atoms with Gasteiger partial charge in [-0.15, -0.1) is 0 Å². The van der Waals surface area contributed by atoms with Crippen molar-refractivity contribution in [3.8, 4) is 0 Å². The van der Waals surface area contributed by atoms with Crippen LogP contribution in [0.3, 0.4) is 0 Å². The number of nitrogens with one attached hydrogen (secondary N) is 1. The zero-order chi connectivity index (χ0) is 13.2. The van der Waals surface area contributed by atoms with Gasteiger partial charge < -0.3 is 9.73 Å². The first-order valence-electron chi connectivity index (χ1n) is 7.40. The van der Waals surface area contributed by atoms with E-state index in [1.807, 2.05) is 0 Å². The molecule has 3 nitrogen and oxygen atoms in total. The Balaban J connectivity index is 1.58. The number of hydrogen-bond donors (Lipinski definition) is 1. The third-order valence-electron chi connectivity index (χ3n) is 3.99. The minimum absolute atomic E-state index is 0.739. The van der Waals surface area contributed by atoms with Gasteiger partial charge in [0.25, 0.3) is 0 Å². The van der Waals surface area contributed by atoms with Crippen molar-refractivity contribution in [3.05, 3.63) is 34.8 Å². The molecule has 3 rings (SSSR count). The van der Waals surface area contributed by atoms with Crippen LogP contribution in [0.25, 0.3) is 0 Å². The van der Waals surface area contributed by atoms with Gasteiger partial charge in [0, 0.05) is 19.1 Å². The van der Waals surface area contributed by atoms with Gasteiger partial charge in [0.15, 0.2) is 0 Å². The van der Waals surface area contributed by atoms with Gasteiger partial charge in [0.2, 0.25) is 0 Å². The maximum Gasteiger partial charge on any atom is 0.120 e. The molecule has 104 valence electrons. The fourth-order valence-electron chi connectivity index (χ4n) is 2.71. The van der Waals surface area contributed by atoms with Crippen molar-refractivity contribution in [2.24, 2.45) is 0 Å². The lowest BCUT2D eigenvalue weighted by Crippen LogP contribution is -2.28. The van der Waals surface area contributed by atoms with E-state index < -0.39 is 0 Å². The van der Waals surface area contributed by atoms with Crippen LogP contribution in [-0.4, -0.2) is 24.0 Å². The van der Waals surface area contributed by atoms with Gasteiger partial charge in [-0.1, -0.05) is 11.6 Å². The van der Waals surface area contributed by atoms with Crippen molar-refractivity contribution in [1.29, 1.82) is 0 Å². The zero-order valence-corrected chi connectivity index (χ0v) is 12.0. The van der Waals surface area contributed by atoms with Crippen molar-refractivity contribution < 1.29 is 4.42 Å². The Morgan fingerprint density at radius 2 is 2.21 bits per heavy atom. The Morgan fingerprint density at radius 1 is 1.37 bits per heavy atom. The third-order valence-corrected chi connectivity index (χ3v) is 3.99. The smallest absolute Gasteiger partial charge is 0.120 e. The lowest BCUT2D eigenvalue weighted by Gasteiger charge is -2.24. The fourth-order valence-corrected chi connectivity index (χ4v) is 2.71. The Hall–Kier alpha value is -1.06. The zero-order valence-electron chi connectivity index (χ0n) is 12.0. The summed E-state index contributed by atoms with van der Waals surface area (Å²) in [5.74, 6) is 2.23. The quantitative estimate of drug-likeness (QED) is 0.825. The van der Waals surface area contributed by atoms with Gasteiger partial charge in [-0.3, -0.25) is 4.90 Å². The van der Waals surface area contributed by atoms with Gasteiger partial charge in [-0.25, -0.2) is 0 Å². The highest BCUT2D eigenvalue weighted by Crippen LogP contribution is 2.22. The van der Waals surface area contributed by atoms with E-state index in [-0.39, 0.29) is 0 Å². The molecule has 3 heteroatoms. The van der Waals surface area contributed by atoms with E-state index in [1.165, 1.54) is 30.4 Å². The summed E-state index contributed by atoms with van der Waals surface area (Å²) in [7, 11) is 0. The molecule has 1 aromatic heterocycles. The SMILES string of the molecule is CC1=CCCN(Cc2cc(C)c(CNC3CC3)o2)C1. The van der Waals surface area contributed by atoms with Crippen LogP contribution in [0.5, 0.6) is 0 Å². The third kappa shape index (κ3) is 3.48. The van der Waals surface area contributed by atoms with Crippen molar-refractivity contribution in [3.63, 3.8) is 0 Å². The number of nitrogens with zero attached hydrogens (tertiary/aromatic N) is 1. The van der Waals surface area contributed by atoms with Gasteiger partial charge in [0.1, 0.15) is 11.5 Å². The van der Waals surface area contributed by atoms with Crippen molar-refractivity contribution in [2.45, 2.75) is 52.2 Å². The van der Waals surface area contributed by atoms with E-state index >= 15 is 0 Å². The van der Waals surface area contributed by atoms with E-state index in [0.29, 0.717) is 0 Å². The molecule has 0 bridgehead atoms. The van der Waals surface area contributed by atoms with Gasteiger partial charge in [-0.2, -0.15) is 0 Å². The molecule has 1 saturated carbocycles. The molecule has 2 heterocycles. The molecule has 0 atom stereocenters. The average molecular weight is 260 g/mol. The summed E-state index contributed by atoms with van der Waals surface area (Å²) in [4.78, 5) is 2.46. The van der Waals surface area contributed by atoms with Crippen molar-refractivity contribution in [2.75, 3.05) is 13.1 Å². The Morgan fingerprint density at radius 3 is 2.95 bits per heavy atom. The second-order valence-corrected chi connectivity index (χ2v) is 6.02. The molecule has 1 N–H and O–H groups in total. The second-order valence-electron chi connectivity index (χ2n) is 6.02. The predicted molar refractivity (Wildman–Crippen MR) is 77.0 cm³/mol. The summed E-state index contributed by atoms with van der Waals surface area (Å²) in [6.07, 6.45) is 6.16. The molecule has 1 aromatic rings.